The van der Waals surface area contributed by atoms with Gasteiger partial charge in [0.25, 0.3) is 0 Å². The smallest absolute Gasteiger partial charge is 0.113 e. The first kappa shape index (κ1) is 18.7. The van der Waals surface area contributed by atoms with Crippen LogP contribution in [0.5, 0.6) is 0 Å². The summed E-state index contributed by atoms with van der Waals surface area (Å²) in [7, 11) is 0. The van der Waals surface area contributed by atoms with Gasteiger partial charge >= 0.3 is 0 Å². The number of aliphatic hydroxyl groups excluding tert-OH is 1. The molecular formula is C25H36N2O. The number of allylic oxidation sites excluding steroid dienone is 6. The van der Waals surface area contributed by atoms with E-state index in [0.717, 1.165) is 19.4 Å². The van der Waals surface area contributed by atoms with Gasteiger partial charge in [-0.1, -0.05) is 36.5 Å². The highest BCUT2D eigenvalue weighted by Crippen LogP contribution is 2.60. The molecule has 0 aromatic rings. The summed E-state index contributed by atoms with van der Waals surface area (Å²) in [4.78, 5) is 5.38. The molecule has 4 bridgehead atoms. The summed E-state index contributed by atoms with van der Waals surface area (Å²) in [6.45, 7) is 4.71. The predicted octanol–water partition coefficient (Wildman–Crippen LogP) is 4.99. The maximum absolute atomic E-state index is 11.5. The van der Waals surface area contributed by atoms with Crippen molar-refractivity contribution in [2.75, 3.05) is 26.2 Å². The van der Waals surface area contributed by atoms with Crippen LogP contribution in [0.3, 0.4) is 0 Å². The zero-order chi connectivity index (χ0) is 19.0. The fourth-order valence-corrected chi connectivity index (χ4v) is 6.81. The Morgan fingerprint density at radius 3 is 2.71 bits per heavy atom. The molecule has 1 unspecified atom stereocenters. The van der Waals surface area contributed by atoms with E-state index < -0.39 is 0 Å². The molecule has 2 fully saturated rings. The Bertz CT molecular complexity index is 705. The highest BCUT2D eigenvalue weighted by Gasteiger charge is 2.63. The molecule has 6 rings (SSSR count). The molecule has 2 saturated heterocycles. The molecular weight excluding hydrogens is 344 g/mol. The second kappa shape index (κ2) is 7.84. The van der Waals surface area contributed by atoms with Crippen molar-refractivity contribution in [2.24, 2.45) is 11.3 Å². The minimum absolute atomic E-state index is 0.215. The summed E-state index contributed by atoms with van der Waals surface area (Å²) in [5, 5.41) is 11.5. The molecule has 1 N–H and O–H groups in total. The van der Waals surface area contributed by atoms with Crippen molar-refractivity contribution in [2.45, 2.75) is 69.9 Å². The molecule has 5 aliphatic heterocycles. The Balaban J connectivity index is 1.51. The molecule has 0 aromatic carbocycles. The van der Waals surface area contributed by atoms with Gasteiger partial charge in [-0.2, -0.15) is 0 Å². The van der Waals surface area contributed by atoms with Crippen LogP contribution in [0, 0.1) is 11.3 Å². The van der Waals surface area contributed by atoms with Crippen molar-refractivity contribution >= 4 is 0 Å². The average molecular weight is 381 g/mol. The van der Waals surface area contributed by atoms with Crippen LogP contribution in [0.2, 0.25) is 0 Å². The summed E-state index contributed by atoms with van der Waals surface area (Å²) >= 11 is 0. The van der Waals surface area contributed by atoms with Gasteiger partial charge < -0.3 is 10.0 Å². The molecule has 6 aliphatic rings. The fraction of sp³-hybridized carbons (Fsp3) is 0.680. The number of rotatable bonds is 0. The molecule has 28 heavy (non-hydrogen) atoms. The second-order valence-corrected chi connectivity index (χ2v) is 9.62. The maximum Gasteiger partial charge on any atom is 0.113 e. The molecule has 0 radical (unpaired) electrons. The van der Waals surface area contributed by atoms with Crippen LogP contribution in [-0.2, 0) is 0 Å². The van der Waals surface area contributed by atoms with Crippen LogP contribution >= 0.6 is 0 Å². The number of hydrogen-bond donors (Lipinski definition) is 1. The van der Waals surface area contributed by atoms with E-state index in [9.17, 15) is 5.11 Å². The first-order valence-electron chi connectivity index (χ1n) is 11.7. The third-order valence-corrected chi connectivity index (χ3v) is 7.97. The van der Waals surface area contributed by atoms with Crippen molar-refractivity contribution in [3.8, 4) is 0 Å². The van der Waals surface area contributed by atoms with Gasteiger partial charge in [-0.15, -0.1) is 0 Å². The lowest BCUT2D eigenvalue weighted by Crippen LogP contribution is -2.52. The number of fused-ring (bicyclic) bond motifs is 10. The lowest BCUT2D eigenvalue weighted by Gasteiger charge is -2.46. The van der Waals surface area contributed by atoms with Crippen LogP contribution < -0.4 is 0 Å². The zero-order valence-corrected chi connectivity index (χ0v) is 17.2. The third kappa shape index (κ3) is 3.11. The molecule has 1 aliphatic carbocycles. The van der Waals surface area contributed by atoms with Gasteiger partial charge in [0.15, 0.2) is 0 Å². The topological polar surface area (TPSA) is 26.7 Å². The summed E-state index contributed by atoms with van der Waals surface area (Å²) in [6.07, 6.45) is 25.0. The van der Waals surface area contributed by atoms with Gasteiger partial charge in [0.2, 0.25) is 0 Å². The lowest BCUT2D eigenvalue weighted by atomic mass is 9.67. The monoisotopic (exact) mass is 380 g/mol. The van der Waals surface area contributed by atoms with E-state index in [1.165, 1.54) is 70.2 Å². The highest BCUT2D eigenvalue weighted by molar-refractivity contribution is 5.42. The van der Waals surface area contributed by atoms with Crippen LogP contribution in [0.1, 0.15) is 57.8 Å². The van der Waals surface area contributed by atoms with Gasteiger partial charge in [-0.3, -0.25) is 4.90 Å². The predicted molar refractivity (Wildman–Crippen MR) is 115 cm³/mol. The fourth-order valence-electron chi connectivity index (χ4n) is 6.81. The van der Waals surface area contributed by atoms with Crippen molar-refractivity contribution in [1.82, 2.24) is 9.80 Å². The molecule has 3 heteroatoms. The van der Waals surface area contributed by atoms with Crippen molar-refractivity contribution < 1.29 is 5.11 Å². The summed E-state index contributed by atoms with van der Waals surface area (Å²) in [6, 6.07) is 0.759. The van der Waals surface area contributed by atoms with Gasteiger partial charge in [0, 0.05) is 18.0 Å². The number of nitrogens with zero attached hydrogens (tertiary/aromatic N) is 2. The van der Waals surface area contributed by atoms with Crippen molar-refractivity contribution in [3.05, 3.63) is 47.8 Å². The first-order chi connectivity index (χ1) is 13.8. The van der Waals surface area contributed by atoms with E-state index >= 15 is 0 Å². The number of piperidine rings is 1. The lowest BCUT2D eigenvalue weighted by molar-refractivity contribution is 0.0318. The van der Waals surface area contributed by atoms with E-state index in [-0.39, 0.29) is 11.5 Å². The molecule has 5 atom stereocenters. The van der Waals surface area contributed by atoms with Crippen LogP contribution in [0.4, 0.5) is 0 Å². The zero-order valence-electron chi connectivity index (χ0n) is 17.2. The Kier molecular flexibility index (Phi) is 5.23. The molecule has 1 spiro atoms. The van der Waals surface area contributed by atoms with E-state index in [1.54, 1.807) is 0 Å². The third-order valence-electron chi connectivity index (χ3n) is 7.97. The summed E-state index contributed by atoms with van der Waals surface area (Å²) in [5.74, 6) is 1.24. The Labute approximate surface area is 170 Å². The van der Waals surface area contributed by atoms with E-state index in [2.05, 4.69) is 46.3 Å². The molecule has 0 aromatic heterocycles. The largest absolute Gasteiger partial charge is 0.510 e. The second-order valence-electron chi connectivity index (χ2n) is 9.62. The van der Waals surface area contributed by atoms with E-state index in [0.29, 0.717) is 17.7 Å². The highest BCUT2D eigenvalue weighted by atomic mass is 16.3. The summed E-state index contributed by atoms with van der Waals surface area (Å²) in [5.41, 5.74) is 1.49. The van der Waals surface area contributed by atoms with Crippen molar-refractivity contribution in [1.29, 1.82) is 0 Å². The quantitative estimate of drug-likeness (QED) is 0.600. The number of aliphatic hydroxyl groups is 1. The van der Waals surface area contributed by atoms with Gasteiger partial charge in [0.1, 0.15) is 5.76 Å². The molecule has 152 valence electrons. The average Bonchev–Trinajstić information content (AvgIpc) is 2.97. The van der Waals surface area contributed by atoms with Gasteiger partial charge in [-0.25, -0.2) is 0 Å². The minimum Gasteiger partial charge on any atom is -0.510 e. The molecule has 3 nitrogen and oxygen atoms in total. The van der Waals surface area contributed by atoms with Gasteiger partial charge in [-0.05, 0) is 88.9 Å². The van der Waals surface area contributed by atoms with E-state index in [4.69, 9.17) is 0 Å². The number of hydrogen-bond acceptors (Lipinski definition) is 3. The van der Waals surface area contributed by atoms with Crippen molar-refractivity contribution in [3.63, 3.8) is 0 Å². The summed E-state index contributed by atoms with van der Waals surface area (Å²) < 4.78 is 0. The maximum atomic E-state index is 11.5. The normalized spacial score (nSPS) is 43.7. The van der Waals surface area contributed by atoms with Crippen LogP contribution in [-0.4, -0.2) is 53.2 Å². The Morgan fingerprint density at radius 2 is 1.75 bits per heavy atom. The minimum atomic E-state index is 0.215. The van der Waals surface area contributed by atoms with Gasteiger partial charge in [0.05, 0.1) is 6.04 Å². The molecule has 0 amide bonds. The van der Waals surface area contributed by atoms with Crippen LogP contribution in [0.25, 0.3) is 0 Å². The Morgan fingerprint density at radius 1 is 0.893 bits per heavy atom. The standard InChI is InChI=1S/C25H36N2O/c28-23-21-13-9-5-3-1-2-4-6-10-15-26-17-14-22(21)25(19-26)18-20-12-8-7-11-16-27(20)24(23)25/h1-2,8-9,12-13,20,22,24,28H,3-7,10-11,14-19H2/b2-1-,13-9+/t20-,22-,24-,25-/m0/s1. The first-order valence-corrected chi connectivity index (χ1v) is 11.7. The molecule has 5 heterocycles. The molecule has 0 saturated carbocycles. The van der Waals surface area contributed by atoms with E-state index in [1.807, 2.05) is 0 Å². The Hall–Kier alpha value is -1.32. The van der Waals surface area contributed by atoms with Crippen LogP contribution in [0.15, 0.2) is 47.8 Å². The SMILES string of the molecule is OC1=C2/C=C/CC/C=C\CCCCN3CC[C@@H]2[C@]2(C[C@@H]4C=CCCCN4[C@@H]12)C3.